The molecular formula is C19H14ClN3O2S. The Kier molecular flexibility index (Phi) is 3.69. The first-order valence-corrected chi connectivity index (χ1v) is 9.60. The summed E-state index contributed by atoms with van der Waals surface area (Å²) in [5, 5.41) is 5.55. The highest BCUT2D eigenvalue weighted by atomic mass is 35.5. The van der Waals surface area contributed by atoms with Crippen molar-refractivity contribution in [2.75, 3.05) is 0 Å². The van der Waals surface area contributed by atoms with Gasteiger partial charge in [0.2, 0.25) is 0 Å². The molecule has 0 N–H and O–H groups in total. The van der Waals surface area contributed by atoms with E-state index in [-0.39, 0.29) is 5.56 Å². The molecule has 26 heavy (non-hydrogen) atoms. The van der Waals surface area contributed by atoms with Crippen LogP contribution in [0.5, 0.6) is 0 Å². The minimum Gasteiger partial charge on any atom is -0.359 e. The fourth-order valence-corrected chi connectivity index (χ4v) is 4.79. The molecule has 130 valence electrons. The molecule has 0 bridgehead atoms. The molecular weight excluding hydrogens is 370 g/mol. The molecule has 0 aliphatic heterocycles. The zero-order valence-corrected chi connectivity index (χ0v) is 15.3. The van der Waals surface area contributed by atoms with Crippen LogP contribution in [0.15, 0.2) is 46.0 Å². The summed E-state index contributed by atoms with van der Waals surface area (Å²) in [5.74, 6) is 0.616. The monoisotopic (exact) mass is 383 g/mol. The summed E-state index contributed by atoms with van der Waals surface area (Å²) in [6.07, 6.45) is 4.75. The van der Waals surface area contributed by atoms with E-state index in [0.717, 1.165) is 40.7 Å². The second-order valence-corrected chi connectivity index (χ2v) is 7.92. The van der Waals surface area contributed by atoms with Gasteiger partial charge in [-0.05, 0) is 37.0 Å². The van der Waals surface area contributed by atoms with Gasteiger partial charge in [-0.15, -0.1) is 11.3 Å². The van der Waals surface area contributed by atoms with Crippen LogP contribution in [0.1, 0.15) is 22.6 Å². The SMILES string of the molecule is O=c1c2c3c(sc2ncn1Cc1cc(-c2ccc(Cl)cc2)no1)CCC3. The first-order chi connectivity index (χ1) is 12.7. The van der Waals surface area contributed by atoms with Gasteiger partial charge in [0.05, 0.1) is 18.3 Å². The van der Waals surface area contributed by atoms with Crippen LogP contribution in [0.3, 0.4) is 0 Å². The maximum Gasteiger partial charge on any atom is 0.262 e. The molecule has 1 aromatic carbocycles. The maximum absolute atomic E-state index is 12.9. The number of nitrogens with zero attached hydrogens (tertiary/aromatic N) is 3. The third-order valence-electron chi connectivity index (χ3n) is 4.72. The van der Waals surface area contributed by atoms with Crippen molar-refractivity contribution in [3.8, 4) is 11.3 Å². The maximum atomic E-state index is 12.9. The number of halogens is 1. The smallest absolute Gasteiger partial charge is 0.262 e. The molecule has 0 amide bonds. The highest BCUT2D eigenvalue weighted by Crippen LogP contribution is 2.34. The number of aryl methyl sites for hydroxylation is 2. The van der Waals surface area contributed by atoms with Gasteiger partial charge >= 0.3 is 0 Å². The van der Waals surface area contributed by atoms with Crippen molar-refractivity contribution in [3.63, 3.8) is 0 Å². The highest BCUT2D eigenvalue weighted by Gasteiger charge is 2.21. The first kappa shape index (κ1) is 15.8. The summed E-state index contributed by atoms with van der Waals surface area (Å²) >= 11 is 7.57. The standard InChI is InChI=1S/C19H14ClN3O2S/c20-12-6-4-11(5-7-12)15-8-13(25-22-15)9-23-10-21-18-17(19(23)24)14-2-1-3-16(14)26-18/h4-8,10H,1-3,9H2. The molecule has 0 unspecified atom stereocenters. The molecule has 1 aliphatic rings. The van der Waals surface area contributed by atoms with E-state index in [4.69, 9.17) is 16.1 Å². The van der Waals surface area contributed by atoms with Crippen molar-refractivity contribution in [2.45, 2.75) is 25.8 Å². The quantitative estimate of drug-likeness (QED) is 0.529. The molecule has 0 atom stereocenters. The normalized spacial score (nSPS) is 13.4. The Bertz CT molecular complexity index is 1170. The van der Waals surface area contributed by atoms with Gasteiger partial charge in [-0.3, -0.25) is 9.36 Å². The molecule has 7 heteroatoms. The van der Waals surface area contributed by atoms with E-state index >= 15 is 0 Å². The molecule has 0 saturated carbocycles. The van der Waals surface area contributed by atoms with Crippen LogP contribution >= 0.6 is 22.9 Å². The van der Waals surface area contributed by atoms with E-state index in [1.165, 1.54) is 10.4 Å². The molecule has 5 nitrogen and oxygen atoms in total. The Hall–Kier alpha value is -2.44. The number of benzene rings is 1. The highest BCUT2D eigenvalue weighted by molar-refractivity contribution is 7.18. The van der Waals surface area contributed by atoms with E-state index in [1.54, 1.807) is 22.2 Å². The van der Waals surface area contributed by atoms with Crippen LogP contribution in [-0.2, 0) is 19.4 Å². The number of rotatable bonds is 3. The van der Waals surface area contributed by atoms with Crippen molar-refractivity contribution >= 4 is 33.2 Å². The largest absolute Gasteiger partial charge is 0.359 e. The van der Waals surface area contributed by atoms with Crippen LogP contribution in [0, 0.1) is 0 Å². The van der Waals surface area contributed by atoms with Crippen LogP contribution in [0.25, 0.3) is 21.5 Å². The van der Waals surface area contributed by atoms with Gasteiger partial charge < -0.3 is 4.52 Å². The average molecular weight is 384 g/mol. The second kappa shape index (κ2) is 6.07. The van der Waals surface area contributed by atoms with Gasteiger partial charge in [-0.1, -0.05) is 28.9 Å². The summed E-state index contributed by atoms with van der Waals surface area (Å²) in [6.45, 7) is 0.312. The topological polar surface area (TPSA) is 60.9 Å². The van der Waals surface area contributed by atoms with Crippen molar-refractivity contribution in [2.24, 2.45) is 0 Å². The van der Waals surface area contributed by atoms with E-state index in [1.807, 2.05) is 30.3 Å². The lowest BCUT2D eigenvalue weighted by atomic mass is 10.1. The molecule has 0 spiro atoms. The molecule has 0 fully saturated rings. The average Bonchev–Trinajstić information content (AvgIpc) is 3.34. The molecule has 5 rings (SSSR count). The van der Waals surface area contributed by atoms with Gasteiger partial charge in [0.15, 0.2) is 5.76 Å². The predicted octanol–water partition coefficient (Wildman–Crippen LogP) is 4.30. The second-order valence-electron chi connectivity index (χ2n) is 6.40. The van der Waals surface area contributed by atoms with Gasteiger partial charge in [-0.2, -0.15) is 0 Å². The molecule has 0 saturated heterocycles. The van der Waals surface area contributed by atoms with E-state index in [0.29, 0.717) is 17.3 Å². The summed E-state index contributed by atoms with van der Waals surface area (Å²) in [4.78, 5) is 19.6. The van der Waals surface area contributed by atoms with Crippen LogP contribution < -0.4 is 5.56 Å². The molecule has 0 radical (unpaired) electrons. The fraction of sp³-hybridized carbons (Fsp3) is 0.211. The van der Waals surface area contributed by atoms with Gasteiger partial charge in [0, 0.05) is 21.5 Å². The van der Waals surface area contributed by atoms with Crippen LogP contribution in [0.4, 0.5) is 0 Å². The Labute approximate surface area is 157 Å². The molecule has 4 aromatic rings. The first-order valence-electron chi connectivity index (χ1n) is 8.40. The van der Waals surface area contributed by atoms with Crippen molar-refractivity contribution in [1.82, 2.24) is 14.7 Å². The Morgan fingerprint density at radius 2 is 2.08 bits per heavy atom. The number of thiophene rings is 1. The van der Waals surface area contributed by atoms with Crippen LogP contribution in [-0.4, -0.2) is 14.7 Å². The fourth-order valence-electron chi connectivity index (χ4n) is 3.44. The molecule has 3 aromatic heterocycles. The van der Waals surface area contributed by atoms with Crippen molar-refractivity contribution in [3.05, 3.63) is 68.2 Å². The van der Waals surface area contributed by atoms with E-state index in [2.05, 4.69) is 10.1 Å². The Morgan fingerprint density at radius 3 is 2.92 bits per heavy atom. The minimum absolute atomic E-state index is 0.00107. The third-order valence-corrected chi connectivity index (χ3v) is 6.17. The Morgan fingerprint density at radius 1 is 1.23 bits per heavy atom. The number of hydrogen-bond acceptors (Lipinski definition) is 5. The third kappa shape index (κ3) is 2.57. The van der Waals surface area contributed by atoms with Gasteiger partial charge in [0.1, 0.15) is 10.5 Å². The van der Waals surface area contributed by atoms with E-state index in [9.17, 15) is 4.79 Å². The lowest BCUT2D eigenvalue weighted by Crippen LogP contribution is -2.21. The zero-order valence-electron chi connectivity index (χ0n) is 13.7. The van der Waals surface area contributed by atoms with Gasteiger partial charge in [-0.25, -0.2) is 4.98 Å². The lowest BCUT2D eigenvalue weighted by Gasteiger charge is -2.02. The lowest BCUT2D eigenvalue weighted by molar-refractivity contribution is 0.376. The number of hydrogen-bond donors (Lipinski definition) is 0. The van der Waals surface area contributed by atoms with Crippen molar-refractivity contribution < 1.29 is 4.52 Å². The van der Waals surface area contributed by atoms with Crippen LogP contribution in [0.2, 0.25) is 5.02 Å². The summed E-state index contributed by atoms with van der Waals surface area (Å²) in [7, 11) is 0. The number of fused-ring (bicyclic) bond motifs is 3. The predicted molar refractivity (Wildman–Crippen MR) is 102 cm³/mol. The van der Waals surface area contributed by atoms with E-state index < -0.39 is 0 Å². The number of aromatic nitrogens is 3. The minimum atomic E-state index is -0.00107. The molecule has 3 heterocycles. The summed E-state index contributed by atoms with van der Waals surface area (Å²) < 4.78 is 7.02. The van der Waals surface area contributed by atoms with Gasteiger partial charge in [0.25, 0.3) is 5.56 Å². The Balaban J connectivity index is 1.49. The van der Waals surface area contributed by atoms with Crippen molar-refractivity contribution in [1.29, 1.82) is 0 Å². The molecule has 1 aliphatic carbocycles. The summed E-state index contributed by atoms with van der Waals surface area (Å²) in [5.41, 5.74) is 2.83. The zero-order chi connectivity index (χ0) is 17.7. The summed E-state index contributed by atoms with van der Waals surface area (Å²) in [6, 6.07) is 9.24.